The summed E-state index contributed by atoms with van der Waals surface area (Å²) in [5.74, 6) is -0.366. The van der Waals surface area contributed by atoms with Gasteiger partial charge in [-0.25, -0.2) is 4.79 Å². The molecule has 4 rings (SSSR count). The number of methoxy groups -OCH3 is 1. The fraction of sp³-hybridized carbons (Fsp3) is 0.115. The van der Waals surface area contributed by atoms with Crippen LogP contribution in [0.5, 0.6) is 11.5 Å². The summed E-state index contributed by atoms with van der Waals surface area (Å²) in [7, 11) is 1.45. The maximum absolute atomic E-state index is 12.8. The number of aryl methyl sites for hydroxylation is 1. The Bertz CT molecular complexity index is 1290. The lowest BCUT2D eigenvalue weighted by molar-refractivity contribution is -0.123. The van der Waals surface area contributed by atoms with Gasteiger partial charge in [0.1, 0.15) is 0 Å². The van der Waals surface area contributed by atoms with Gasteiger partial charge >= 0.3 is 5.97 Å². The number of carbonyl (C=O) groups excluding carboxylic acids is 3. The minimum Gasteiger partial charge on any atom is -0.493 e. The number of thioether (sulfide) groups is 1. The second-order valence-electron chi connectivity index (χ2n) is 7.56. The second kappa shape index (κ2) is 10.2. The van der Waals surface area contributed by atoms with Crippen molar-refractivity contribution in [2.24, 2.45) is 0 Å². The number of esters is 1. The van der Waals surface area contributed by atoms with Crippen molar-refractivity contribution < 1.29 is 23.9 Å². The highest BCUT2D eigenvalue weighted by molar-refractivity contribution is 8.18. The van der Waals surface area contributed by atoms with Crippen molar-refractivity contribution in [2.45, 2.75) is 13.5 Å². The van der Waals surface area contributed by atoms with E-state index in [1.807, 2.05) is 31.2 Å². The van der Waals surface area contributed by atoms with Gasteiger partial charge in [-0.1, -0.05) is 47.5 Å². The molecule has 3 aromatic rings. The van der Waals surface area contributed by atoms with Gasteiger partial charge in [0.25, 0.3) is 11.1 Å². The minimum absolute atomic E-state index is 0.213. The molecule has 172 valence electrons. The number of nitrogens with zero attached hydrogens (tertiary/aromatic N) is 1. The van der Waals surface area contributed by atoms with Gasteiger partial charge in [-0.2, -0.15) is 0 Å². The molecule has 0 saturated carbocycles. The van der Waals surface area contributed by atoms with E-state index in [-0.39, 0.29) is 23.4 Å². The number of hydrogen-bond acceptors (Lipinski definition) is 6. The predicted octanol–water partition coefficient (Wildman–Crippen LogP) is 6.11. The van der Waals surface area contributed by atoms with E-state index < -0.39 is 5.97 Å². The molecule has 0 aliphatic carbocycles. The molecule has 2 amide bonds. The van der Waals surface area contributed by atoms with Crippen LogP contribution < -0.4 is 9.47 Å². The van der Waals surface area contributed by atoms with E-state index in [0.717, 1.165) is 22.9 Å². The third kappa shape index (κ3) is 5.32. The van der Waals surface area contributed by atoms with Crippen LogP contribution in [0.2, 0.25) is 5.02 Å². The minimum atomic E-state index is -0.556. The molecule has 1 aliphatic heterocycles. The Morgan fingerprint density at radius 1 is 1.00 bits per heavy atom. The average Bonchev–Trinajstić information content (AvgIpc) is 3.09. The molecular formula is C26H20ClNO5S. The summed E-state index contributed by atoms with van der Waals surface area (Å²) >= 11 is 6.75. The Balaban J connectivity index is 1.50. The summed E-state index contributed by atoms with van der Waals surface area (Å²) in [6.45, 7) is 2.19. The molecule has 0 N–H and O–H groups in total. The lowest BCUT2D eigenvalue weighted by atomic mass is 10.1. The topological polar surface area (TPSA) is 72.9 Å². The first kappa shape index (κ1) is 23.6. The molecule has 1 heterocycles. The van der Waals surface area contributed by atoms with Crippen LogP contribution in [-0.2, 0) is 11.3 Å². The second-order valence-corrected chi connectivity index (χ2v) is 8.99. The largest absolute Gasteiger partial charge is 0.493 e. The first-order chi connectivity index (χ1) is 16.3. The smallest absolute Gasteiger partial charge is 0.343 e. The van der Waals surface area contributed by atoms with Gasteiger partial charge in [-0.3, -0.25) is 14.5 Å². The first-order valence-electron chi connectivity index (χ1n) is 10.3. The molecule has 0 unspecified atom stereocenters. The molecule has 0 atom stereocenters. The van der Waals surface area contributed by atoms with Gasteiger partial charge in [0.05, 0.1) is 24.1 Å². The molecule has 1 fully saturated rings. The van der Waals surface area contributed by atoms with E-state index in [4.69, 9.17) is 21.1 Å². The van der Waals surface area contributed by atoms with Gasteiger partial charge in [0.15, 0.2) is 11.5 Å². The van der Waals surface area contributed by atoms with Crippen LogP contribution in [0.25, 0.3) is 6.08 Å². The Hall–Kier alpha value is -3.55. The summed E-state index contributed by atoms with van der Waals surface area (Å²) < 4.78 is 10.8. The third-order valence-corrected chi connectivity index (χ3v) is 6.26. The zero-order valence-electron chi connectivity index (χ0n) is 18.4. The normalized spacial score (nSPS) is 14.6. The Labute approximate surface area is 206 Å². The number of halogens is 1. The van der Waals surface area contributed by atoms with E-state index in [0.29, 0.717) is 26.8 Å². The maximum atomic E-state index is 12.8. The summed E-state index contributed by atoms with van der Waals surface area (Å²) in [6, 6.07) is 18.9. The number of hydrogen-bond donors (Lipinski definition) is 0. The highest BCUT2D eigenvalue weighted by Gasteiger charge is 2.35. The molecule has 6 nitrogen and oxygen atoms in total. The number of rotatable bonds is 6. The van der Waals surface area contributed by atoms with Crippen molar-refractivity contribution in [1.29, 1.82) is 0 Å². The molecule has 1 aliphatic rings. The van der Waals surface area contributed by atoms with Crippen LogP contribution in [0.15, 0.2) is 71.6 Å². The molecule has 8 heteroatoms. The van der Waals surface area contributed by atoms with Crippen LogP contribution in [0.4, 0.5) is 4.79 Å². The van der Waals surface area contributed by atoms with Crippen molar-refractivity contribution in [3.05, 3.63) is 98.9 Å². The van der Waals surface area contributed by atoms with Crippen LogP contribution in [0.1, 0.15) is 27.0 Å². The van der Waals surface area contributed by atoms with Crippen LogP contribution >= 0.6 is 23.4 Å². The van der Waals surface area contributed by atoms with Crippen LogP contribution in [0.3, 0.4) is 0 Å². The molecule has 1 saturated heterocycles. The molecule has 0 radical (unpaired) electrons. The summed E-state index contributed by atoms with van der Waals surface area (Å²) in [4.78, 5) is 39.2. The molecule has 0 bridgehead atoms. The standard InChI is InChI=1S/C26H20ClNO5S/c1-16-3-5-17(6-4-16)15-28-24(29)23(34-26(28)31)14-18-7-12-21(22(13-18)32-2)33-25(30)19-8-10-20(27)11-9-19/h3-14H,15H2,1-2H3/b23-14-. The van der Waals surface area contributed by atoms with Gasteiger partial charge in [0.2, 0.25) is 0 Å². The van der Waals surface area contributed by atoms with Gasteiger partial charge in [0, 0.05) is 5.02 Å². The zero-order valence-corrected chi connectivity index (χ0v) is 20.0. The number of imide groups is 1. The number of benzene rings is 3. The summed E-state index contributed by atoms with van der Waals surface area (Å²) in [6.07, 6.45) is 1.62. The molecule has 0 spiro atoms. The molecule has 0 aromatic heterocycles. The fourth-order valence-electron chi connectivity index (χ4n) is 3.27. The van der Waals surface area contributed by atoms with E-state index in [1.165, 1.54) is 12.0 Å². The molecule has 34 heavy (non-hydrogen) atoms. The maximum Gasteiger partial charge on any atom is 0.343 e. The summed E-state index contributed by atoms with van der Waals surface area (Å²) in [5.41, 5.74) is 2.96. The Morgan fingerprint density at radius 2 is 1.71 bits per heavy atom. The van der Waals surface area contributed by atoms with E-state index in [1.54, 1.807) is 48.5 Å². The number of ether oxygens (including phenoxy) is 2. The summed E-state index contributed by atoms with van der Waals surface area (Å²) in [5, 5.41) is 0.194. The lowest BCUT2D eigenvalue weighted by Gasteiger charge is -2.12. The first-order valence-corrected chi connectivity index (χ1v) is 11.5. The third-order valence-electron chi connectivity index (χ3n) is 5.10. The lowest BCUT2D eigenvalue weighted by Crippen LogP contribution is -2.27. The van der Waals surface area contributed by atoms with Crippen molar-refractivity contribution in [2.75, 3.05) is 7.11 Å². The average molecular weight is 494 g/mol. The van der Waals surface area contributed by atoms with Crippen molar-refractivity contribution in [1.82, 2.24) is 4.90 Å². The Morgan fingerprint density at radius 3 is 2.38 bits per heavy atom. The van der Waals surface area contributed by atoms with Crippen molar-refractivity contribution >= 4 is 46.6 Å². The van der Waals surface area contributed by atoms with Crippen molar-refractivity contribution in [3.63, 3.8) is 0 Å². The highest BCUT2D eigenvalue weighted by Crippen LogP contribution is 2.35. The van der Waals surface area contributed by atoms with Gasteiger partial charge < -0.3 is 9.47 Å². The molecular weight excluding hydrogens is 474 g/mol. The van der Waals surface area contributed by atoms with Gasteiger partial charge in [-0.05, 0) is 72.3 Å². The zero-order chi connectivity index (χ0) is 24.2. The number of carbonyl (C=O) groups is 3. The predicted molar refractivity (Wildman–Crippen MR) is 132 cm³/mol. The molecule has 3 aromatic carbocycles. The van der Waals surface area contributed by atoms with Crippen LogP contribution in [0, 0.1) is 6.92 Å². The fourth-order valence-corrected chi connectivity index (χ4v) is 4.23. The van der Waals surface area contributed by atoms with Crippen molar-refractivity contribution in [3.8, 4) is 11.5 Å². The highest BCUT2D eigenvalue weighted by atomic mass is 35.5. The van der Waals surface area contributed by atoms with E-state index in [2.05, 4.69) is 0 Å². The quantitative estimate of drug-likeness (QED) is 0.234. The Kier molecular flexibility index (Phi) is 7.05. The SMILES string of the molecule is COc1cc(/C=C2\SC(=O)N(Cc3ccc(C)cc3)C2=O)ccc1OC(=O)c1ccc(Cl)cc1. The van der Waals surface area contributed by atoms with Gasteiger partial charge in [-0.15, -0.1) is 0 Å². The van der Waals surface area contributed by atoms with Crippen LogP contribution in [-0.4, -0.2) is 29.1 Å². The van der Waals surface area contributed by atoms with E-state index in [9.17, 15) is 14.4 Å². The monoisotopic (exact) mass is 493 g/mol. The van der Waals surface area contributed by atoms with E-state index >= 15 is 0 Å². The number of amides is 2.